The Bertz CT molecular complexity index is 833. The van der Waals surface area contributed by atoms with Crippen LogP contribution in [-0.4, -0.2) is 20.6 Å². The van der Waals surface area contributed by atoms with Crippen LogP contribution < -0.4 is 16.8 Å². The number of nitrogens with one attached hydrogen (secondary N) is 1. The van der Waals surface area contributed by atoms with Gasteiger partial charge in [-0.25, -0.2) is 9.50 Å². The van der Waals surface area contributed by atoms with Gasteiger partial charge in [-0.2, -0.15) is 0 Å². The molecule has 3 aromatic rings. The second kappa shape index (κ2) is 6.13. The second-order valence-corrected chi connectivity index (χ2v) is 6.52. The SMILES string of the molecule is Nc1cc(Nc2ccccc2)c2nc([C@H]3CC[C@H](N)CC3)cn2n1. The van der Waals surface area contributed by atoms with E-state index < -0.39 is 0 Å². The van der Waals surface area contributed by atoms with Crippen LogP contribution in [0.25, 0.3) is 5.65 Å². The average molecular weight is 322 g/mol. The van der Waals surface area contributed by atoms with Crippen LogP contribution in [-0.2, 0) is 0 Å². The summed E-state index contributed by atoms with van der Waals surface area (Å²) < 4.78 is 1.78. The molecule has 6 nitrogen and oxygen atoms in total. The zero-order chi connectivity index (χ0) is 16.5. The number of hydrogen-bond donors (Lipinski definition) is 3. The van der Waals surface area contributed by atoms with E-state index in [0.717, 1.165) is 48.4 Å². The third kappa shape index (κ3) is 2.92. The molecule has 1 saturated carbocycles. The summed E-state index contributed by atoms with van der Waals surface area (Å²) in [5.41, 5.74) is 15.7. The Morgan fingerprint density at radius 3 is 2.58 bits per heavy atom. The Hall–Kier alpha value is -2.60. The van der Waals surface area contributed by atoms with Crippen LogP contribution in [0.15, 0.2) is 42.6 Å². The Morgan fingerprint density at radius 2 is 1.83 bits per heavy atom. The fourth-order valence-corrected chi connectivity index (χ4v) is 3.40. The van der Waals surface area contributed by atoms with Crippen LogP contribution in [0.2, 0.25) is 0 Å². The van der Waals surface area contributed by atoms with Gasteiger partial charge in [0.1, 0.15) is 5.82 Å². The lowest BCUT2D eigenvalue weighted by Crippen LogP contribution is -2.25. The van der Waals surface area contributed by atoms with E-state index in [0.29, 0.717) is 17.8 Å². The van der Waals surface area contributed by atoms with Crippen molar-refractivity contribution in [2.75, 3.05) is 11.1 Å². The summed E-state index contributed by atoms with van der Waals surface area (Å²) in [6.07, 6.45) is 6.29. The molecule has 24 heavy (non-hydrogen) atoms. The third-order valence-corrected chi connectivity index (χ3v) is 4.71. The minimum Gasteiger partial charge on any atom is -0.382 e. The molecular weight excluding hydrogens is 300 g/mol. The molecule has 1 aliphatic carbocycles. The van der Waals surface area contributed by atoms with Crippen LogP contribution >= 0.6 is 0 Å². The van der Waals surface area contributed by atoms with Crippen molar-refractivity contribution in [3.05, 3.63) is 48.3 Å². The number of para-hydroxylation sites is 1. The lowest BCUT2D eigenvalue weighted by molar-refractivity contribution is 0.391. The summed E-state index contributed by atoms with van der Waals surface area (Å²) >= 11 is 0. The van der Waals surface area contributed by atoms with Crippen molar-refractivity contribution in [3.8, 4) is 0 Å². The van der Waals surface area contributed by atoms with Gasteiger partial charge < -0.3 is 16.8 Å². The molecule has 0 spiro atoms. The first-order valence-corrected chi connectivity index (χ1v) is 8.42. The molecule has 6 heteroatoms. The van der Waals surface area contributed by atoms with Crippen molar-refractivity contribution < 1.29 is 0 Å². The molecule has 1 aromatic carbocycles. The smallest absolute Gasteiger partial charge is 0.177 e. The number of fused-ring (bicyclic) bond motifs is 1. The third-order valence-electron chi connectivity index (χ3n) is 4.71. The van der Waals surface area contributed by atoms with Gasteiger partial charge in [0.15, 0.2) is 5.65 Å². The van der Waals surface area contributed by atoms with E-state index >= 15 is 0 Å². The highest BCUT2D eigenvalue weighted by Crippen LogP contribution is 2.33. The fourth-order valence-electron chi connectivity index (χ4n) is 3.40. The predicted octanol–water partition coefficient (Wildman–Crippen LogP) is 3.04. The molecular formula is C18H22N6. The van der Waals surface area contributed by atoms with Crippen molar-refractivity contribution in [3.63, 3.8) is 0 Å². The number of nitrogens with two attached hydrogens (primary N) is 2. The van der Waals surface area contributed by atoms with Crippen LogP contribution in [0.1, 0.15) is 37.3 Å². The number of imidazole rings is 1. The lowest BCUT2D eigenvalue weighted by atomic mass is 9.85. The summed E-state index contributed by atoms with van der Waals surface area (Å²) in [5.74, 6) is 0.924. The van der Waals surface area contributed by atoms with Crippen LogP contribution in [0.3, 0.4) is 0 Å². The van der Waals surface area contributed by atoms with Crippen molar-refractivity contribution >= 4 is 22.8 Å². The van der Waals surface area contributed by atoms with E-state index in [9.17, 15) is 0 Å². The standard InChI is InChI=1S/C18H22N6/c19-13-8-6-12(7-9-13)16-11-24-18(22-16)15(10-17(20)23-24)21-14-4-2-1-3-5-14/h1-5,10-13,21H,6-9,19H2,(H2,20,23)/t12-,13-. The van der Waals surface area contributed by atoms with Gasteiger partial charge in [0.05, 0.1) is 17.6 Å². The first kappa shape index (κ1) is 15.0. The van der Waals surface area contributed by atoms with Gasteiger partial charge in [-0.1, -0.05) is 18.2 Å². The summed E-state index contributed by atoms with van der Waals surface area (Å²) in [4.78, 5) is 4.84. The topological polar surface area (TPSA) is 94.3 Å². The highest BCUT2D eigenvalue weighted by Gasteiger charge is 2.23. The first-order chi connectivity index (χ1) is 11.7. The quantitative estimate of drug-likeness (QED) is 0.689. The van der Waals surface area contributed by atoms with E-state index in [1.807, 2.05) is 42.6 Å². The number of nitrogens with zero attached hydrogens (tertiary/aromatic N) is 3. The number of benzene rings is 1. The molecule has 0 aliphatic heterocycles. The van der Waals surface area contributed by atoms with Gasteiger partial charge >= 0.3 is 0 Å². The number of hydrogen-bond acceptors (Lipinski definition) is 5. The Balaban J connectivity index is 1.69. The van der Waals surface area contributed by atoms with Crippen molar-refractivity contribution in [1.29, 1.82) is 0 Å². The normalized spacial score (nSPS) is 21.0. The van der Waals surface area contributed by atoms with E-state index in [1.54, 1.807) is 4.52 Å². The average Bonchev–Trinajstić information content (AvgIpc) is 3.00. The molecule has 0 atom stereocenters. The Kier molecular flexibility index (Phi) is 3.82. The molecule has 0 bridgehead atoms. The van der Waals surface area contributed by atoms with Crippen molar-refractivity contribution in [2.45, 2.75) is 37.6 Å². The zero-order valence-corrected chi connectivity index (χ0v) is 13.5. The number of anilines is 3. The van der Waals surface area contributed by atoms with Gasteiger partial charge in [-0.3, -0.25) is 0 Å². The monoisotopic (exact) mass is 322 g/mol. The molecule has 0 unspecified atom stereocenters. The second-order valence-electron chi connectivity index (χ2n) is 6.52. The summed E-state index contributed by atoms with van der Waals surface area (Å²) in [6, 6.07) is 12.2. The molecule has 4 rings (SSSR count). The summed E-state index contributed by atoms with van der Waals surface area (Å²) in [5, 5.41) is 7.76. The molecule has 1 aliphatic rings. The largest absolute Gasteiger partial charge is 0.382 e. The van der Waals surface area contributed by atoms with Gasteiger partial charge in [0.2, 0.25) is 0 Å². The molecule has 5 N–H and O–H groups in total. The maximum absolute atomic E-state index is 6.02. The van der Waals surface area contributed by atoms with Crippen LogP contribution in [0.5, 0.6) is 0 Å². The maximum Gasteiger partial charge on any atom is 0.177 e. The van der Waals surface area contributed by atoms with Gasteiger partial charge in [-0.15, -0.1) is 5.10 Å². The number of nitrogen functional groups attached to an aromatic ring is 1. The van der Waals surface area contributed by atoms with Crippen molar-refractivity contribution in [1.82, 2.24) is 14.6 Å². The fraction of sp³-hybridized carbons (Fsp3) is 0.333. The number of aromatic nitrogens is 3. The number of rotatable bonds is 3. The molecule has 124 valence electrons. The zero-order valence-electron chi connectivity index (χ0n) is 13.5. The highest BCUT2D eigenvalue weighted by atomic mass is 15.3. The van der Waals surface area contributed by atoms with E-state index in [4.69, 9.17) is 16.5 Å². The van der Waals surface area contributed by atoms with E-state index in [-0.39, 0.29) is 0 Å². The molecule has 0 saturated heterocycles. The van der Waals surface area contributed by atoms with E-state index in [1.165, 1.54) is 0 Å². The van der Waals surface area contributed by atoms with Gasteiger partial charge in [-0.05, 0) is 37.8 Å². The summed E-state index contributed by atoms with van der Waals surface area (Å²) in [6.45, 7) is 0. The summed E-state index contributed by atoms with van der Waals surface area (Å²) in [7, 11) is 0. The minimum absolute atomic E-state index is 0.336. The van der Waals surface area contributed by atoms with E-state index in [2.05, 4.69) is 10.4 Å². The predicted molar refractivity (Wildman–Crippen MR) is 96.3 cm³/mol. The van der Waals surface area contributed by atoms with Gasteiger partial charge in [0, 0.05) is 23.7 Å². The molecule has 0 amide bonds. The molecule has 0 radical (unpaired) electrons. The molecule has 1 fully saturated rings. The van der Waals surface area contributed by atoms with Crippen molar-refractivity contribution in [2.24, 2.45) is 5.73 Å². The minimum atomic E-state index is 0.336. The van der Waals surface area contributed by atoms with Crippen LogP contribution in [0.4, 0.5) is 17.2 Å². The highest BCUT2D eigenvalue weighted by molar-refractivity contribution is 5.75. The van der Waals surface area contributed by atoms with Crippen LogP contribution in [0, 0.1) is 0 Å². The Morgan fingerprint density at radius 1 is 1.08 bits per heavy atom. The van der Waals surface area contributed by atoms with Gasteiger partial charge in [0.25, 0.3) is 0 Å². The maximum atomic E-state index is 6.02. The Labute approximate surface area is 140 Å². The first-order valence-electron chi connectivity index (χ1n) is 8.42. The molecule has 2 aromatic heterocycles. The lowest BCUT2D eigenvalue weighted by Gasteiger charge is -2.24. The molecule has 2 heterocycles.